The Labute approximate surface area is 169 Å². The summed E-state index contributed by atoms with van der Waals surface area (Å²) in [6, 6.07) is 1.19. The minimum Gasteiger partial charge on any atom is -0.480 e. The summed E-state index contributed by atoms with van der Waals surface area (Å²) in [7, 11) is 2.97. The van der Waals surface area contributed by atoms with Crippen LogP contribution in [0.4, 0.5) is 5.82 Å². The Hall–Kier alpha value is -2.10. The number of rotatable bonds is 7. The van der Waals surface area contributed by atoms with Gasteiger partial charge >= 0.3 is 5.97 Å². The number of esters is 1. The molecule has 1 fully saturated rings. The highest BCUT2D eigenvalue weighted by Gasteiger charge is 2.32. The van der Waals surface area contributed by atoms with E-state index in [0.29, 0.717) is 19.5 Å². The molecule has 1 aromatic rings. The minimum atomic E-state index is -0.383. The lowest BCUT2D eigenvalue weighted by molar-refractivity contribution is -0.149. The molecule has 3 N–H and O–H groups in total. The molecule has 0 aromatic carbocycles. The Morgan fingerprint density at radius 2 is 2.14 bits per heavy atom. The van der Waals surface area contributed by atoms with Gasteiger partial charge in [0.15, 0.2) is 0 Å². The second-order valence-electron chi connectivity index (χ2n) is 6.83. The zero-order chi connectivity index (χ0) is 20.8. The van der Waals surface area contributed by atoms with Crippen LogP contribution < -0.4 is 15.8 Å². The first kappa shape index (κ1) is 22.2. The number of nitrogens with two attached hydrogens (primary N) is 1. The number of nitrogens with zero attached hydrogens (tertiary/aromatic N) is 2. The fraction of sp³-hybridized carbons (Fsp3) is 0.611. The van der Waals surface area contributed by atoms with E-state index in [1.807, 2.05) is 18.7 Å². The van der Waals surface area contributed by atoms with Crippen LogP contribution in [0.25, 0.3) is 0 Å². The van der Waals surface area contributed by atoms with E-state index in [1.54, 1.807) is 7.11 Å². The van der Waals surface area contributed by atoms with Gasteiger partial charge in [0.1, 0.15) is 11.4 Å². The summed E-state index contributed by atoms with van der Waals surface area (Å²) in [5.74, 6) is -0.473. The van der Waals surface area contributed by atoms with Crippen LogP contribution >= 0.6 is 11.6 Å². The Morgan fingerprint density at radius 1 is 1.43 bits per heavy atom. The molecule has 2 rings (SSSR count). The van der Waals surface area contributed by atoms with Crippen molar-refractivity contribution in [1.82, 2.24) is 15.2 Å². The summed E-state index contributed by atoms with van der Waals surface area (Å²) in [4.78, 5) is 30.5. The first-order chi connectivity index (χ1) is 13.2. The number of carbonyl (C=O) groups is 2. The van der Waals surface area contributed by atoms with Crippen LogP contribution in [0.2, 0.25) is 5.02 Å². The van der Waals surface area contributed by atoms with Gasteiger partial charge in [0, 0.05) is 20.2 Å². The van der Waals surface area contributed by atoms with E-state index in [9.17, 15) is 9.59 Å². The number of methoxy groups -OCH3 is 2. The molecule has 1 amide bonds. The predicted molar refractivity (Wildman–Crippen MR) is 105 cm³/mol. The molecule has 1 saturated heterocycles. The molecule has 0 bridgehead atoms. The zero-order valence-corrected chi connectivity index (χ0v) is 17.3. The molecule has 0 radical (unpaired) electrons. The number of nitrogens with one attached hydrogen (secondary N) is 1. The summed E-state index contributed by atoms with van der Waals surface area (Å²) in [6.45, 7) is 4.92. The maximum Gasteiger partial charge on any atom is 0.320 e. The molecule has 0 spiro atoms. The lowest BCUT2D eigenvalue weighted by Crippen LogP contribution is -2.55. The highest BCUT2D eigenvalue weighted by molar-refractivity contribution is 6.33. The van der Waals surface area contributed by atoms with Crippen molar-refractivity contribution in [2.75, 3.05) is 39.6 Å². The molecule has 1 aliphatic rings. The molecule has 9 nitrogen and oxygen atoms in total. The normalized spacial score (nSPS) is 20.1. The van der Waals surface area contributed by atoms with E-state index in [-0.39, 0.29) is 59.0 Å². The standard InChI is InChI=1S/C18H27ClN4O5/c1-10(2)28-15(24)9-23-6-5-13(14(8-23)26-3)21-17(25)11-7-12(19)16(20)22-18(11)27-4/h7,10,13-14H,5-6,8-9H2,1-4H3,(H2,20,22)(H,21,25)/t13-,14+/m0/s1. The highest BCUT2D eigenvalue weighted by atomic mass is 35.5. The summed E-state index contributed by atoms with van der Waals surface area (Å²) in [6.07, 6.45) is 0.170. The average Bonchev–Trinajstić information content (AvgIpc) is 2.63. The van der Waals surface area contributed by atoms with E-state index >= 15 is 0 Å². The van der Waals surface area contributed by atoms with E-state index < -0.39 is 0 Å². The maximum atomic E-state index is 12.7. The third kappa shape index (κ3) is 5.70. The number of amides is 1. The quantitative estimate of drug-likeness (QED) is 0.637. The van der Waals surface area contributed by atoms with E-state index in [0.717, 1.165) is 0 Å². The van der Waals surface area contributed by atoms with Gasteiger partial charge in [-0.25, -0.2) is 0 Å². The number of hydrogen-bond donors (Lipinski definition) is 2. The van der Waals surface area contributed by atoms with Gasteiger partial charge in [0.25, 0.3) is 5.91 Å². The second-order valence-corrected chi connectivity index (χ2v) is 7.24. The fourth-order valence-corrected chi connectivity index (χ4v) is 3.21. The van der Waals surface area contributed by atoms with Crippen molar-refractivity contribution in [1.29, 1.82) is 0 Å². The van der Waals surface area contributed by atoms with Gasteiger partial charge in [-0.1, -0.05) is 11.6 Å². The van der Waals surface area contributed by atoms with Crippen LogP contribution in [0, 0.1) is 0 Å². The van der Waals surface area contributed by atoms with Crippen molar-refractivity contribution < 1.29 is 23.8 Å². The van der Waals surface area contributed by atoms with Crippen molar-refractivity contribution in [3.63, 3.8) is 0 Å². The fourth-order valence-electron chi connectivity index (χ4n) is 3.06. The number of likely N-dealkylation sites (tertiary alicyclic amines) is 1. The Morgan fingerprint density at radius 3 is 2.75 bits per heavy atom. The molecule has 0 aliphatic carbocycles. The Bertz CT molecular complexity index is 715. The van der Waals surface area contributed by atoms with E-state index in [2.05, 4.69) is 10.3 Å². The Balaban J connectivity index is 2.02. The minimum absolute atomic E-state index is 0.0893. The molecule has 10 heteroatoms. The van der Waals surface area contributed by atoms with Crippen molar-refractivity contribution >= 4 is 29.3 Å². The number of anilines is 1. The molecular formula is C18H27ClN4O5. The van der Waals surface area contributed by atoms with Crippen molar-refractivity contribution in [2.45, 2.75) is 38.5 Å². The van der Waals surface area contributed by atoms with Crippen LogP contribution in [-0.4, -0.2) is 73.9 Å². The Kier molecular flexibility index (Phi) is 7.85. The van der Waals surface area contributed by atoms with Crippen molar-refractivity contribution in [3.05, 3.63) is 16.7 Å². The molecule has 28 heavy (non-hydrogen) atoms. The maximum absolute atomic E-state index is 12.7. The number of nitrogen functional groups attached to an aromatic ring is 1. The summed E-state index contributed by atoms with van der Waals surface area (Å²) in [5, 5.41) is 3.11. The van der Waals surface area contributed by atoms with Crippen LogP contribution in [0.3, 0.4) is 0 Å². The number of piperidine rings is 1. The molecule has 156 valence electrons. The van der Waals surface area contributed by atoms with Gasteiger partial charge in [0.2, 0.25) is 5.88 Å². The van der Waals surface area contributed by atoms with Gasteiger partial charge in [0.05, 0.1) is 36.9 Å². The van der Waals surface area contributed by atoms with Crippen LogP contribution in [0.1, 0.15) is 30.6 Å². The number of hydrogen-bond acceptors (Lipinski definition) is 8. The average molecular weight is 415 g/mol. The van der Waals surface area contributed by atoms with Gasteiger partial charge in [-0.2, -0.15) is 4.98 Å². The molecule has 1 aromatic heterocycles. The van der Waals surface area contributed by atoms with Gasteiger partial charge in [-0.05, 0) is 26.3 Å². The number of ether oxygens (including phenoxy) is 3. The van der Waals surface area contributed by atoms with Crippen LogP contribution in [-0.2, 0) is 14.3 Å². The lowest BCUT2D eigenvalue weighted by Gasteiger charge is -2.37. The smallest absolute Gasteiger partial charge is 0.320 e. The number of pyridine rings is 1. The SMILES string of the molecule is COc1nc(N)c(Cl)cc1C(=O)N[C@H]1CCN(CC(=O)OC(C)C)C[C@H]1OC. The van der Waals surface area contributed by atoms with Crippen molar-refractivity contribution in [3.8, 4) is 5.88 Å². The van der Waals surface area contributed by atoms with Crippen LogP contribution in [0.15, 0.2) is 6.07 Å². The first-order valence-corrected chi connectivity index (χ1v) is 9.38. The third-order valence-corrected chi connectivity index (χ3v) is 4.69. The monoisotopic (exact) mass is 414 g/mol. The topological polar surface area (TPSA) is 116 Å². The molecule has 0 unspecified atom stereocenters. The van der Waals surface area contributed by atoms with Gasteiger partial charge in [-0.3, -0.25) is 14.5 Å². The van der Waals surface area contributed by atoms with Gasteiger partial charge in [-0.15, -0.1) is 0 Å². The largest absolute Gasteiger partial charge is 0.480 e. The summed E-state index contributed by atoms with van der Waals surface area (Å²) < 4.78 is 15.8. The molecule has 2 heterocycles. The number of carbonyl (C=O) groups excluding carboxylic acids is 2. The number of aromatic nitrogens is 1. The molecular weight excluding hydrogens is 388 g/mol. The van der Waals surface area contributed by atoms with Gasteiger partial charge < -0.3 is 25.3 Å². The molecule has 2 atom stereocenters. The molecule has 0 saturated carbocycles. The van der Waals surface area contributed by atoms with Crippen LogP contribution in [0.5, 0.6) is 5.88 Å². The summed E-state index contributed by atoms with van der Waals surface area (Å²) >= 11 is 5.99. The predicted octanol–water partition coefficient (Wildman–Crippen LogP) is 1.10. The highest BCUT2D eigenvalue weighted by Crippen LogP contribution is 2.25. The van der Waals surface area contributed by atoms with E-state index in [4.69, 9.17) is 31.5 Å². The molecule has 1 aliphatic heterocycles. The zero-order valence-electron chi connectivity index (χ0n) is 16.5. The van der Waals surface area contributed by atoms with E-state index in [1.165, 1.54) is 13.2 Å². The lowest BCUT2D eigenvalue weighted by atomic mass is 10.0. The first-order valence-electron chi connectivity index (χ1n) is 9.00. The number of halogens is 1. The summed E-state index contributed by atoms with van der Waals surface area (Å²) in [5.41, 5.74) is 5.85. The third-order valence-electron chi connectivity index (χ3n) is 4.39. The van der Waals surface area contributed by atoms with Crippen molar-refractivity contribution in [2.24, 2.45) is 0 Å². The second kappa shape index (κ2) is 9.90.